The van der Waals surface area contributed by atoms with Crippen molar-refractivity contribution < 1.29 is 14.3 Å². The number of aryl methyl sites for hydroxylation is 2. The fourth-order valence-electron chi connectivity index (χ4n) is 3.72. The second-order valence-corrected chi connectivity index (χ2v) is 8.13. The van der Waals surface area contributed by atoms with Crippen LogP contribution in [0.15, 0.2) is 59.8 Å². The molecule has 0 bridgehead atoms. The van der Waals surface area contributed by atoms with Gasteiger partial charge in [0.1, 0.15) is 30.9 Å². The highest BCUT2D eigenvalue weighted by Gasteiger charge is 2.11. The minimum Gasteiger partial charge on any atom is -0.493 e. The van der Waals surface area contributed by atoms with Gasteiger partial charge in [-0.1, -0.05) is 54.6 Å². The quantitative estimate of drug-likeness (QED) is 0.140. The molecule has 0 amide bonds. The summed E-state index contributed by atoms with van der Waals surface area (Å²) in [5.74, 6) is 1.87. The van der Waals surface area contributed by atoms with Gasteiger partial charge >= 0.3 is 0 Å². The van der Waals surface area contributed by atoms with Gasteiger partial charge in [-0.2, -0.15) is 0 Å². The number of hydrogen-bond donors (Lipinski definition) is 0. The Labute approximate surface area is 200 Å². The number of benzene rings is 2. The molecule has 0 spiro atoms. The van der Waals surface area contributed by atoms with E-state index in [1.165, 1.54) is 0 Å². The predicted molar refractivity (Wildman–Crippen MR) is 138 cm³/mol. The van der Waals surface area contributed by atoms with Crippen LogP contribution in [-0.2, 0) is 4.84 Å². The van der Waals surface area contributed by atoms with Crippen molar-refractivity contribution in [3.05, 3.63) is 71.3 Å². The number of unbranched alkanes of at least 4 members (excludes halogenated alkanes) is 2. The van der Waals surface area contributed by atoms with Gasteiger partial charge in [-0.05, 0) is 76.4 Å². The third kappa shape index (κ3) is 9.30. The lowest BCUT2D eigenvalue weighted by Crippen LogP contribution is -2.31. The Morgan fingerprint density at radius 1 is 1.00 bits per heavy atom. The van der Waals surface area contributed by atoms with Crippen molar-refractivity contribution in [2.24, 2.45) is 5.16 Å². The summed E-state index contributed by atoms with van der Waals surface area (Å²) < 4.78 is 11.9. The number of hydrogen-bond acceptors (Lipinski definition) is 5. The summed E-state index contributed by atoms with van der Waals surface area (Å²) >= 11 is 0. The minimum atomic E-state index is 0.592. The van der Waals surface area contributed by atoms with Gasteiger partial charge in [-0.3, -0.25) is 4.90 Å². The molecular weight excluding hydrogens is 412 g/mol. The zero-order valence-electron chi connectivity index (χ0n) is 21.0. The summed E-state index contributed by atoms with van der Waals surface area (Å²) in [4.78, 5) is 7.50. The number of likely N-dealkylation sites (N-methyl/N-ethyl adjacent to an activating group) is 1. The van der Waals surface area contributed by atoms with Crippen LogP contribution in [0.1, 0.15) is 49.8 Å². The van der Waals surface area contributed by atoms with E-state index in [1.807, 2.05) is 37.3 Å². The van der Waals surface area contributed by atoms with Crippen molar-refractivity contribution in [3.63, 3.8) is 0 Å². The van der Waals surface area contributed by atoms with Gasteiger partial charge in [0.2, 0.25) is 0 Å². The Balaban J connectivity index is 1.75. The molecule has 0 fully saturated rings. The highest BCUT2D eigenvalue weighted by Crippen LogP contribution is 2.28. The molecule has 5 nitrogen and oxygen atoms in total. The van der Waals surface area contributed by atoms with Gasteiger partial charge in [0, 0.05) is 12.1 Å². The first kappa shape index (κ1) is 26.5. The number of ether oxygens (including phenoxy) is 2. The molecule has 0 heterocycles. The number of rotatable bonds is 15. The molecule has 5 heteroatoms. The fourth-order valence-corrected chi connectivity index (χ4v) is 3.72. The van der Waals surface area contributed by atoms with Crippen LogP contribution < -0.4 is 9.47 Å². The van der Waals surface area contributed by atoms with Crippen LogP contribution in [0.3, 0.4) is 0 Å². The van der Waals surface area contributed by atoms with Gasteiger partial charge in [0.05, 0.1) is 6.61 Å². The first-order chi connectivity index (χ1) is 16.1. The van der Waals surface area contributed by atoms with E-state index in [0.717, 1.165) is 79.4 Å². The van der Waals surface area contributed by atoms with E-state index in [4.69, 9.17) is 14.3 Å². The average Bonchev–Trinajstić information content (AvgIpc) is 2.82. The lowest BCUT2D eigenvalue weighted by Gasteiger charge is -2.21. The van der Waals surface area contributed by atoms with E-state index in [9.17, 15) is 0 Å². The Morgan fingerprint density at radius 3 is 2.36 bits per heavy atom. The summed E-state index contributed by atoms with van der Waals surface area (Å²) in [6.45, 7) is 12.5. The predicted octanol–water partition coefficient (Wildman–Crippen LogP) is 6.18. The zero-order valence-corrected chi connectivity index (χ0v) is 21.0. The summed E-state index contributed by atoms with van der Waals surface area (Å²) in [7, 11) is 1.60. The van der Waals surface area contributed by atoms with Crippen molar-refractivity contribution in [1.82, 2.24) is 4.90 Å². The molecule has 2 aromatic rings. The van der Waals surface area contributed by atoms with E-state index in [0.29, 0.717) is 6.61 Å². The average molecular weight is 453 g/mol. The van der Waals surface area contributed by atoms with Crippen molar-refractivity contribution in [1.29, 1.82) is 0 Å². The molecule has 33 heavy (non-hydrogen) atoms. The lowest BCUT2D eigenvalue weighted by molar-refractivity contribution is 0.210. The minimum absolute atomic E-state index is 0.592. The second-order valence-electron chi connectivity index (χ2n) is 8.13. The van der Waals surface area contributed by atoms with Gasteiger partial charge < -0.3 is 14.3 Å². The first-order valence-electron chi connectivity index (χ1n) is 11.9. The normalized spacial score (nSPS) is 11.9. The van der Waals surface area contributed by atoms with Gasteiger partial charge in [0.15, 0.2) is 0 Å². The lowest BCUT2D eigenvalue weighted by atomic mass is 10.1. The standard InChI is InChI=1S/C28H40N2O3/c1-6-8-18-32-26-20-23(3)28(24(4)21-26)33-19-14-10-13-17-30(7-2)22-27(29-31-5)25-15-11-9-12-16-25/h6,8-9,11-12,15-16,20-21H,7,10,13-14,17-19,22H2,1-5H3/b8-6+,29-27?. The van der Waals surface area contributed by atoms with Crippen LogP contribution in [0.4, 0.5) is 0 Å². The van der Waals surface area contributed by atoms with Crippen molar-refractivity contribution >= 4 is 5.71 Å². The number of allylic oxidation sites excluding steroid dienone is 1. The van der Waals surface area contributed by atoms with Crippen LogP contribution >= 0.6 is 0 Å². The van der Waals surface area contributed by atoms with Crippen LogP contribution in [0.25, 0.3) is 0 Å². The molecule has 0 saturated heterocycles. The van der Waals surface area contributed by atoms with Gasteiger partial charge in [0.25, 0.3) is 0 Å². The van der Waals surface area contributed by atoms with Crippen molar-refractivity contribution in [2.45, 2.75) is 47.0 Å². The Kier molecular flexibility index (Phi) is 12.1. The van der Waals surface area contributed by atoms with E-state index in [2.05, 4.69) is 55.1 Å². The van der Waals surface area contributed by atoms with E-state index in [-0.39, 0.29) is 0 Å². The monoisotopic (exact) mass is 452 g/mol. The largest absolute Gasteiger partial charge is 0.493 e. The number of oxime groups is 1. The third-order valence-electron chi connectivity index (χ3n) is 5.51. The molecule has 0 saturated carbocycles. The van der Waals surface area contributed by atoms with Crippen molar-refractivity contribution in [3.8, 4) is 11.5 Å². The SMILES string of the molecule is C/C=C/COc1cc(C)c(OCCCCCN(CC)CC(=NOC)c2ccccc2)c(C)c1. The maximum Gasteiger partial charge on any atom is 0.125 e. The first-order valence-corrected chi connectivity index (χ1v) is 11.9. The summed E-state index contributed by atoms with van der Waals surface area (Å²) in [6.07, 6.45) is 7.28. The Morgan fingerprint density at radius 2 is 1.73 bits per heavy atom. The number of nitrogens with zero attached hydrogens (tertiary/aromatic N) is 2. The molecule has 0 aliphatic carbocycles. The summed E-state index contributed by atoms with van der Waals surface area (Å²) in [5, 5.41) is 4.26. The second kappa shape index (κ2) is 15.1. The maximum absolute atomic E-state index is 6.12. The zero-order chi connectivity index (χ0) is 23.9. The molecule has 0 N–H and O–H groups in total. The molecule has 0 unspecified atom stereocenters. The molecule has 2 aromatic carbocycles. The molecule has 0 aromatic heterocycles. The fraction of sp³-hybridized carbons (Fsp3) is 0.464. The highest BCUT2D eigenvalue weighted by atomic mass is 16.6. The Bertz CT molecular complexity index is 855. The topological polar surface area (TPSA) is 43.3 Å². The third-order valence-corrected chi connectivity index (χ3v) is 5.51. The molecule has 0 radical (unpaired) electrons. The molecule has 0 aliphatic rings. The van der Waals surface area contributed by atoms with E-state index < -0.39 is 0 Å². The summed E-state index contributed by atoms with van der Waals surface area (Å²) in [6, 6.07) is 14.3. The van der Waals surface area contributed by atoms with Gasteiger partial charge in [-0.25, -0.2) is 0 Å². The van der Waals surface area contributed by atoms with Crippen LogP contribution in [0, 0.1) is 13.8 Å². The molecule has 180 valence electrons. The van der Waals surface area contributed by atoms with Crippen LogP contribution in [-0.4, -0.2) is 50.6 Å². The van der Waals surface area contributed by atoms with Gasteiger partial charge in [-0.15, -0.1) is 0 Å². The van der Waals surface area contributed by atoms with E-state index >= 15 is 0 Å². The molecule has 0 atom stereocenters. The van der Waals surface area contributed by atoms with Crippen LogP contribution in [0.2, 0.25) is 0 Å². The van der Waals surface area contributed by atoms with Crippen molar-refractivity contribution in [2.75, 3.05) is 40.0 Å². The molecule has 0 aliphatic heterocycles. The molecular formula is C28H40N2O3. The molecule has 2 rings (SSSR count). The maximum atomic E-state index is 6.12. The highest BCUT2D eigenvalue weighted by molar-refractivity contribution is 6.01. The smallest absolute Gasteiger partial charge is 0.125 e. The summed E-state index contributed by atoms with van der Waals surface area (Å²) in [5.41, 5.74) is 4.31. The van der Waals surface area contributed by atoms with Crippen LogP contribution in [0.5, 0.6) is 11.5 Å². The van der Waals surface area contributed by atoms with E-state index in [1.54, 1.807) is 7.11 Å². The Hall–Kier alpha value is -2.79.